The summed E-state index contributed by atoms with van der Waals surface area (Å²) in [7, 11) is 1.59. The van der Waals surface area contributed by atoms with Crippen molar-refractivity contribution < 1.29 is 19.4 Å². The number of carboxylic acids is 1. The summed E-state index contributed by atoms with van der Waals surface area (Å²) >= 11 is 0. The predicted molar refractivity (Wildman–Crippen MR) is 100 cm³/mol. The first-order valence-electron chi connectivity index (χ1n) is 8.57. The summed E-state index contributed by atoms with van der Waals surface area (Å²) in [5.41, 5.74) is 3.87. The molecule has 0 aliphatic heterocycles. The normalized spacial score (nSPS) is 11.7. The van der Waals surface area contributed by atoms with E-state index in [0.717, 1.165) is 28.0 Å². The smallest absolute Gasteiger partial charge is 0.308 e. The molecule has 0 aliphatic carbocycles. The number of ether oxygens (including phenoxy) is 1. The molecule has 0 saturated carbocycles. The van der Waals surface area contributed by atoms with Gasteiger partial charge in [0.15, 0.2) is 0 Å². The van der Waals surface area contributed by atoms with Gasteiger partial charge in [0, 0.05) is 6.54 Å². The van der Waals surface area contributed by atoms with Crippen LogP contribution in [0.15, 0.2) is 42.5 Å². The van der Waals surface area contributed by atoms with Gasteiger partial charge in [-0.1, -0.05) is 42.0 Å². The number of nitrogens with one attached hydrogen (secondary N) is 1. The zero-order chi connectivity index (χ0) is 19.1. The van der Waals surface area contributed by atoms with E-state index in [-0.39, 0.29) is 18.9 Å². The fourth-order valence-electron chi connectivity index (χ4n) is 2.83. The molecule has 0 saturated heterocycles. The van der Waals surface area contributed by atoms with Crippen LogP contribution in [-0.4, -0.2) is 30.6 Å². The van der Waals surface area contributed by atoms with E-state index >= 15 is 0 Å². The summed E-state index contributed by atoms with van der Waals surface area (Å²) in [6.45, 7) is 4.01. The van der Waals surface area contributed by atoms with E-state index in [0.29, 0.717) is 6.42 Å². The summed E-state index contributed by atoms with van der Waals surface area (Å²) in [4.78, 5) is 23.7. The minimum absolute atomic E-state index is 0.102. The van der Waals surface area contributed by atoms with Gasteiger partial charge in [0.1, 0.15) is 5.75 Å². The van der Waals surface area contributed by atoms with E-state index in [2.05, 4.69) is 5.32 Å². The second-order valence-electron chi connectivity index (χ2n) is 6.51. The summed E-state index contributed by atoms with van der Waals surface area (Å²) in [6.07, 6.45) is 0.572. The molecule has 2 aromatic rings. The lowest BCUT2D eigenvalue weighted by atomic mass is 9.98. The molecule has 5 heteroatoms. The van der Waals surface area contributed by atoms with Gasteiger partial charge in [-0.15, -0.1) is 0 Å². The van der Waals surface area contributed by atoms with E-state index in [9.17, 15) is 14.7 Å². The van der Waals surface area contributed by atoms with Crippen LogP contribution in [0.4, 0.5) is 0 Å². The maximum Gasteiger partial charge on any atom is 0.308 e. The maximum atomic E-state index is 12.2. The molecule has 1 amide bonds. The Morgan fingerprint density at radius 3 is 2.54 bits per heavy atom. The number of methoxy groups -OCH3 is 1. The number of hydrogen-bond acceptors (Lipinski definition) is 3. The average Bonchev–Trinajstić information content (AvgIpc) is 2.60. The molecular formula is C21H25NO4. The first kappa shape index (κ1) is 19.5. The van der Waals surface area contributed by atoms with Gasteiger partial charge in [-0.25, -0.2) is 0 Å². The average molecular weight is 355 g/mol. The van der Waals surface area contributed by atoms with Gasteiger partial charge in [0.05, 0.1) is 19.4 Å². The molecule has 1 atom stereocenters. The summed E-state index contributed by atoms with van der Waals surface area (Å²) in [6, 6.07) is 13.4. The molecule has 0 aliphatic rings. The fourth-order valence-corrected chi connectivity index (χ4v) is 2.83. The van der Waals surface area contributed by atoms with Crippen LogP contribution in [0.3, 0.4) is 0 Å². The predicted octanol–water partition coefficient (Wildman–Crippen LogP) is 2.91. The van der Waals surface area contributed by atoms with Gasteiger partial charge in [0.2, 0.25) is 5.91 Å². The number of carbonyl (C=O) groups excluding carboxylic acids is 1. The van der Waals surface area contributed by atoms with Crippen LogP contribution in [0.1, 0.15) is 22.3 Å². The molecule has 2 rings (SSSR count). The molecule has 1 unspecified atom stereocenters. The molecule has 0 spiro atoms. The maximum absolute atomic E-state index is 12.2. The Morgan fingerprint density at radius 2 is 1.88 bits per heavy atom. The molecule has 0 aromatic heterocycles. The zero-order valence-electron chi connectivity index (χ0n) is 15.4. The van der Waals surface area contributed by atoms with Crippen molar-refractivity contribution in [2.45, 2.75) is 26.7 Å². The number of hydrogen-bond donors (Lipinski definition) is 2. The Bertz CT molecular complexity index is 785. The Labute approximate surface area is 154 Å². The number of carbonyl (C=O) groups is 2. The van der Waals surface area contributed by atoms with Crippen molar-refractivity contribution >= 4 is 11.9 Å². The van der Waals surface area contributed by atoms with Crippen LogP contribution in [0.5, 0.6) is 5.75 Å². The third-order valence-electron chi connectivity index (χ3n) is 4.30. The molecule has 2 N–H and O–H groups in total. The SMILES string of the molecule is COc1cc(CC(=O)NCC(Cc2cccc(C)c2)C(=O)O)ccc1C. The number of benzene rings is 2. The number of rotatable bonds is 8. The lowest BCUT2D eigenvalue weighted by Crippen LogP contribution is -2.34. The van der Waals surface area contributed by atoms with Crippen molar-refractivity contribution in [3.8, 4) is 5.75 Å². The van der Waals surface area contributed by atoms with Crippen LogP contribution in [-0.2, 0) is 22.4 Å². The molecular weight excluding hydrogens is 330 g/mol. The fraction of sp³-hybridized carbons (Fsp3) is 0.333. The Kier molecular flexibility index (Phi) is 6.78. The quantitative estimate of drug-likeness (QED) is 0.763. The lowest BCUT2D eigenvalue weighted by Gasteiger charge is -2.14. The molecule has 5 nitrogen and oxygen atoms in total. The Morgan fingerprint density at radius 1 is 1.12 bits per heavy atom. The topological polar surface area (TPSA) is 75.6 Å². The Balaban J connectivity index is 1.94. The second-order valence-corrected chi connectivity index (χ2v) is 6.51. The molecule has 138 valence electrons. The van der Waals surface area contributed by atoms with Crippen LogP contribution in [0.2, 0.25) is 0 Å². The minimum atomic E-state index is -0.913. The van der Waals surface area contributed by atoms with Gasteiger partial charge < -0.3 is 15.2 Å². The molecule has 2 aromatic carbocycles. The van der Waals surface area contributed by atoms with E-state index < -0.39 is 11.9 Å². The highest BCUT2D eigenvalue weighted by molar-refractivity contribution is 5.79. The summed E-state index contributed by atoms with van der Waals surface area (Å²) in [5.74, 6) is -1.04. The minimum Gasteiger partial charge on any atom is -0.496 e. The van der Waals surface area contributed by atoms with Crippen LogP contribution >= 0.6 is 0 Å². The summed E-state index contributed by atoms with van der Waals surface area (Å²) < 4.78 is 5.26. The van der Waals surface area contributed by atoms with Gasteiger partial charge in [0.25, 0.3) is 0 Å². The third-order valence-corrected chi connectivity index (χ3v) is 4.30. The standard InChI is InChI=1S/C21H25NO4/c1-14-5-4-6-16(9-14)10-18(21(24)25)13-22-20(23)12-17-8-7-15(2)19(11-17)26-3/h4-9,11,18H,10,12-13H2,1-3H3,(H,22,23)(H,24,25). The van der Waals surface area contributed by atoms with E-state index in [4.69, 9.17) is 4.74 Å². The van der Waals surface area contributed by atoms with Crippen molar-refractivity contribution in [1.82, 2.24) is 5.32 Å². The van der Waals surface area contributed by atoms with E-state index in [1.807, 2.05) is 56.3 Å². The van der Waals surface area contributed by atoms with Crippen molar-refractivity contribution in [3.05, 3.63) is 64.7 Å². The highest BCUT2D eigenvalue weighted by atomic mass is 16.5. The van der Waals surface area contributed by atoms with Crippen LogP contribution in [0, 0.1) is 19.8 Å². The second kappa shape index (κ2) is 9.04. The van der Waals surface area contributed by atoms with Gasteiger partial charge in [-0.2, -0.15) is 0 Å². The van der Waals surface area contributed by atoms with E-state index in [1.165, 1.54) is 0 Å². The van der Waals surface area contributed by atoms with Gasteiger partial charge in [-0.05, 0) is 43.0 Å². The number of aliphatic carboxylic acids is 1. The van der Waals surface area contributed by atoms with Gasteiger partial charge in [-0.3, -0.25) is 9.59 Å². The number of amides is 1. The summed E-state index contributed by atoms with van der Waals surface area (Å²) in [5, 5.41) is 12.2. The molecule has 0 fully saturated rings. The Hall–Kier alpha value is -2.82. The highest BCUT2D eigenvalue weighted by Gasteiger charge is 2.19. The van der Waals surface area contributed by atoms with Crippen molar-refractivity contribution in [2.24, 2.45) is 5.92 Å². The van der Waals surface area contributed by atoms with Crippen molar-refractivity contribution in [3.63, 3.8) is 0 Å². The number of aryl methyl sites for hydroxylation is 2. The first-order valence-corrected chi connectivity index (χ1v) is 8.57. The van der Waals surface area contributed by atoms with Crippen LogP contribution < -0.4 is 10.1 Å². The molecule has 0 bridgehead atoms. The van der Waals surface area contributed by atoms with Crippen molar-refractivity contribution in [1.29, 1.82) is 0 Å². The number of carboxylic acid groups (broad SMARTS) is 1. The molecule has 26 heavy (non-hydrogen) atoms. The van der Waals surface area contributed by atoms with Crippen molar-refractivity contribution in [2.75, 3.05) is 13.7 Å². The first-order chi connectivity index (χ1) is 12.4. The van der Waals surface area contributed by atoms with Crippen LogP contribution in [0.25, 0.3) is 0 Å². The highest BCUT2D eigenvalue weighted by Crippen LogP contribution is 2.19. The molecule has 0 heterocycles. The monoisotopic (exact) mass is 355 g/mol. The van der Waals surface area contributed by atoms with E-state index in [1.54, 1.807) is 7.11 Å². The lowest BCUT2D eigenvalue weighted by molar-refractivity contribution is -0.141. The molecule has 0 radical (unpaired) electrons. The zero-order valence-corrected chi connectivity index (χ0v) is 15.4. The largest absolute Gasteiger partial charge is 0.496 e. The third kappa shape index (κ3) is 5.62. The van der Waals surface area contributed by atoms with Gasteiger partial charge >= 0.3 is 5.97 Å².